The van der Waals surface area contributed by atoms with E-state index in [4.69, 9.17) is 0 Å². The molecule has 0 aliphatic carbocycles. The van der Waals surface area contributed by atoms with Crippen LogP contribution in [0.2, 0.25) is 0 Å². The molecule has 0 saturated carbocycles. The zero-order valence-corrected chi connectivity index (χ0v) is 74.4. The van der Waals surface area contributed by atoms with Crippen LogP contribution in [0.5, 0.6) is 0 Å². The Morgan fingerprint density at radius 3 is 0.870 bits per heavy atom. The van der Waals surface area contributed by atoms with Gasteiger partial charge in [-0.1, -0.05) is 119 Å². The van der Waals surface area contributed by atoms with Crippen LogP contribution in [0.4, 0.5) is 66.7 Å². The monoisotopic (exact) mass is 1850 g/mol. The summed E-state index contributed by atoms with van der Waals surface area (Å²) in [6, 6.07) is 67.7. The summed E-state index contributed by atoms with van der Waals surface area (Å²) in [5.41, 5.74) is 16.1. The van der Waals surface area contributed by atoms with E-state index in [0.29, 0.717) is 95.5 Å². The number of nitrogens with zero attached hydrogens (tertiary/aromatic N) is 12. The average Bonchev–Trinajstić information content (AvgIpc) is 1.71. The van der Waals surface area contributed by atoms with E-state index >= 15 is 0 Å². The van der Waals surface area contributed by atoms with Gasteiger partial charge in [-0.25, -0.2) is 50.7 Å². The molecule has 12 aromatic heterocycles. The van der Waals surface area contributed by atoms with Gasteiger partial charge in [0.2, 0.25) is 0 Å². The number of rotatable bonds is 16. The van der Waals surface area contributed by atoms with Crippen molar-refractivity contribution in [1.29, 1.82) is 0 Å². The Labute approximate surface area is 781 Å². The summed E-state index contributed by atoms with van der Waals surface area (Å²) in [5, 5.41) is 11.2. The molecule has 0 fully saturated rings. The molecule has 0 spiro atoms. The number of imidazole rings is 4. The van der Waals surface area contributed by atoms with Gasteiger partial charge in [0, 0.05) is 117 Å². The standard InChI is InChI=1S/C27H17F5N4O.2C27H20F2N4O.C27H21FN4O/c1-15-7-9-17(10-8-15)35-26(37)20-12-16(13-33-24(20)27(30,31)32)18-5-3-11-36-22(18)14-34-25(36)19-4-2-6-21(28)23(19)29;1-16-8-10-19(11-9-16)32-27(34)22-13-18(14-30-17(22)2)20-6-4-12-33-24(20)15-31-26(33)21-5-3-7-23(28)25(21)29;1-16-5-8-20(9-6-16)32-27(34)22-12-18(14-30-17(22)2)21-4-3-11-33-25(21)15-31-26(33)23-13-19(28)7-10-24(23)29;1-17-9-11-20(12-10-17)31-27(33)23-14-19(15-29-18(23)2)21-7-5-13-32-25(21)16-30-26(32)22-6-3-4-8-24(22)28/h2-14H,1H3,(H,35,37);2*3-15H,1-2H3,(H,32,34);3-16H,1-2H3,(H,31,33). The first-order valence-electron chi connectivity index (χ1n) is 42.9. The Hall–Kier alpha value is -17.7. The fraction of sp³-hybridized carbons (Fsp3) is 0.0741. The number of benzene rings is 8. The van der Waals surface area contributed by atoms with Gasteiger partial charge < -0.3 is 21.3 Å². The smallest absolute Gasteiger partial charge is 0.322 e. The lowest BCUT2D eigenvalue weighted by molar-refractivity contribution is -0.141. The van der Waals surface area contributed by atoms with Crippen molar-refractivity contribution < 1.29 is 63.1 Å². The molecule has 0 bridgehead atoms. The number of halogens is 10. The first-order valence-corrected chi connectivity index (χ1v) is 42.9. The predicted octanol–water partition coefficient (Wildman–Crippen LogP) is 25.4. The van der Waals surface area contributed by atoms with E-state index in [9.17, 15) is 63.1 Å². The molecule has 4 amide bonds. The molecule has 0 saturated heterocycles. The lowest BCUT2D eigenvalue weighted by Crippen LogP contribution is -2.20. The highest BCUT2D eigenvalue weighted by Crippen LogP contribution is 2.39. The number of aryl methyl sites for hydroxylation is 7. The highest BCUT2D eigenvalue weighted by Gasteiger charge is 2.38. The number of amides is 4. The van der Waals surface area contributed by atoms with Crippen LogP contribution in [-0.4, -0.2) is 81.1 Å². The van der Waals surface area contributed by atoms with Crippen molar-refractivity contribution in [2.24, 2.45) is 0 Å². The third-order valence-electron chi connectivity index (χ3n) is 22.8. The number of aromatic nitrogens is 12. The summed E-state index contributed by atoms with van der Waals surface area (Å²) in [4.78, 5) is 86.1. The molecule has 0 atom stereocenters. The molecule has 0 aliphatic heterocycles. The van der Waals surface area contributed by atoms with Gasteiger partial charge in [-0.15, -0.1) is 0 Å². The number of nitrogens with one attached hydrogen (secondary N) is 4. The quantitative estimate of drug-likeness (QED) is 0.0661. The molecule has 20 aromatic rings. The molecule has 138 heavy (non-hydrogen) atoms. The van der Waals surface area contributed by atoms with Gasteiger partial charge in [-0.05, 0) is 200 Å². The lowest BCUT2D eigenvalue weighted by atomic mass is 10.0. The van der Waals surface area contributed by atoms with E-state index < -0.39 is 58.2 Å². The fourth-order valence-corrected chi connectivity index (χ4v) is 15.6. The fourth-order valence-electron chi connectivity index (χ4n) is 15.6. The number of hydrogen-bond donors (Lipinski definition) is 4. The summed E-state index contributed by atoms with van der Waals surface area (Å²) in [5.74, 6) is -5.99. The number of alkyl halides is 3. The van der Waals surface area contributed by atoms with Crippen LogP contribution in [0.3, 0.4) is 0 Å². The number of carbonyl (C=O) groups excluding carboxylic acids is 4. The molecule has 12 heterocycles. The van der Waals surface area contributed by atoms with Crippen LogP contribution in [0.25, 0.3) is 112 Å². The zero-order chi connectivity index (χ0) is 96.9. The van der Waals surface area contributed by atoms with Gasteiger partial charge in [0.15, 0.2) is 29.0 Å². The van der Waals surface area contributed by atoms with Crippen molar-refractivity contribution >= 4 is 68.4 Å². The summed E-state index contributed by atoms with van der Waals surface area (Å²) in [6.45, 7) is 13.2. The minimum Gasteiger partial charge on any atom is -0.322 e. The first kappa shape index (κ1) is 92.2. The minimum atomic E-state index is -4.87. The van der Waals surface area contributed by atoms with E-state index in [1.807, 2.05) is 148 Å². The molecular formula is C108H78F10N16O4. The SMILES string of the molecule is Cc1ccc(NC(=O)c2cc(-c3cccn4c(-c5cc(F)ccc5F)ncc34)cnc2C)cc1.Cc1ccc(NC(=O)c2cc(-c3cccn4c(-c5cccc(F)c5F)ncc34)cnc2C(F)(F)F)cc1.Cc1ccc(NC(=O)c2cc(-c3cccn4c(-c5cccc(F)c5F)ncc34)cnc2C)cc1.Cc1ccc(NC(=O)c2cc(-c3cccn4c(-c5ccccc5F)ncc34)cnc2C)cc1. The maximum absolute atomic E-state index is 14.4. The third kappa shape index (κ3) is 19.6. The van der Waals surface area contributed by atoms with Crippen molar-refractivity contribution in [3.05, 3.63) is 431 Å². The van der Waals surface area contributed by atoms with Gasteiger partial charge in [0.25, 0.3) is 23.6 Å². The van der Waals surface area contributed by atoms with Gasteiger partial charge in [0.1, 0.15) is 40.7 Å². The maximum Gasteiger partial charge on any atom is 0.434 e. The Balaban J connectivity index is 0.000000127. The lowest BCUT2D eigenvalue weighted by Gasteiger charge is -2.14. The van der Waals surface area contributed by atoms with E-state index in [1.165, 1.54) is 40.9 Å². The Bertz CT molecular complexity index is 7920. The molecule has 684 valence electrons. The second-order valence-electron chi connectivity index (χ2n) is 32.3. The highest BCUT2D eigenvalue weighted by molar-refractivity contribution is 6.09. The van der Waals surface area contributed by atoms with Crippen molar-refractivity contribution in [3.8, 4) is 90.1 Å². The summed E-state index contributed by atoms with van der Waals surface area (Å²) in [6.07, 6.45) is 14.4. The molecule has 0 radical (unpaired) electrons. The van der Waals surface area contributed by atoms with E-state index in [1.54, 1.807) is 157 Å². The first-order chi connectivity index (χ1) is 66.5. The summed E-state index contributed by atoms with van der Waals surface area (Å²) >= 11 is 0. The van der Waals surface area contributed by atoms with Crippen LogP contribution in [0, 0.1) is 89.2 Å². The largest absolute Gasteiger partial charge is 0.434 e. The van der Waals surface area contributed by atoms with Gasteiger partial charge in [0.05, 0.1) is 108 Å². The Kier molecular flexibility index (Phi) is 26.2. The van der Waals surface area contributed by atoms with Crippen LogP contribution < -0.4 is 21.3 Å². The molecule has 20 nitrogen and oxygen atoms in total. The predicted molar refractivity (Wildman–Crippen MR) is 511 cm³/mol. The molecular weight excluding hydrogens is 1780 g/mol. The molecule has 20 rings (SSSR count). The molecule has 4 N–H and O–H groups in total. The summed E-state index contributed by atoms with van der Waals surface area (Å²) in [7, 11) is 0. The Morgan fingerprint density at radius 2 is 0.536 bits per heavy atom. The molecule has 8 aromatic carbocycles. The number of carbonyl (C=O) groups is 4. The normalized spacial score (nSPS) is 11.2. The van der Waals surface area contributed by atoms with E-state index in [2.05, 4.69) is 61.1 Å². The second kappa shape index (κ2) is 39.2. The molecule has 30 heteroatoms. The van der Waals surface area contributed by atoms with Crippen molar-refractivity contribution in [3.63, 3.8) is 0 Å². The number of fused-ring (bicyclic) bond motifs is 4. The second-order valence-corrected chi connectivity index (χ2v) is 32.3. The van der Waals surface area contributed by atoms with Gasteiger partial charge in [-0.2, -0.15) is 13.2 Å². The van der Waals surface area contributed by atoms with Crippen LogP contribution >= 0.6 is 0 Å². The third-order valence-corrected chi connectivity index (χ3v) is 22.8. The van der Waals surface area contributed by atoms with Crippen molar-refractivity contribution in [1.82, 2.24) is 57.5 Å². The van der Waals surface area contributed by atoms with E-state index in [0.717, 1.165) is 98.3 Å². The minimum absolute atomic E-state index is 0.0670. The number of pyridine rings is 8. The summed E-state index contributed by atoms with van der Waals surface area (Å²) < 4.78 is 147. The zero-order valence-electron chi connectivity index (χ0n) is 74.4. The van der Waals surface area contributed by atoms with E-state index in [-0.39, 0.29) is 63.3 Å². The topological polar surface area (TPSA) is 237 Å². The van der Waals surface area contributed by atoms with Gasteiger partial charge in [-0.3, -0.25) is 56.7 Å². The van der Waals surface area contributed by atoms with Crippen LogP contribution in [0.15, 0.2) is 323 Å². The van der Waals surface area contributed by atoms with Crippen LogP contribution in [-0.2, 0) is 6.18 Å². The number of hydrogen-bond acceptors (Lipinski definition) is 12. The van der Waals surface area contributed by atoms with Crippen LogP contribution in [0.1, 0.15) is 86.5 Å². The average molecular weight is 1850 g/mol. The van der Waals surface area contributed by atoms with Crippen molar-refractivity contribution in [2.75, 3.05) is 21.3 Å². The highest BCUT2D eigenvalue weighted by atomic mass is 19.4. The Morgan fingerprint density at radius 1 is 0.261 bits per heavy atom. The molecule has 0 aliphatic rings. The maximum atomic E-state index is 14.4. The van der Waals surface area contributed by atoms with Gasteiger partial charge >= 0.3 is 6.18 Å². The van der Waals surface area contributed by atoms with Crippen molar-refractivity contribution in [2.45, 2.75) is 54.6 Å². The number of anilines is 4. The molecule has 0 unspecified atom stereocenters.